The molecule has 2 aromatic rings. The summed E-state index contributed by atoms with van der Waals surface area (Å²) in [6, 6.07) is 9.96. The van der Waals surface area contributed by atoms with Crippen LogP contribution in [0.15, 0.2) is 53.4 Å². The van der Waals surface area contributed by atoms with Gasteiger partial charge in [-0.05, 0) is 43.7 Å². The number of allylic oxidation sites excluding steroid dienone is 1. The number of fused-ring (bicyclic) bond motifs is 1. The number of halogens is 1. The van der Waals surface area contributed by atoms with E-state index >= 15 is 0 Å². The van der Waals surface area contributed by atoms with E-state index in [9.17, 15) is 22.7 Å². The first-order chi connectivity index (χ1) is 16.1. The quantitative estimate of drug-likeness (QED) is 0.671. The fourth-order valence-electron chi connectivity index (χ4n) is 3.95. The van der Waals surface area contributed by atoms with Crippen molar-refractivity contribution in [3.8, 4) is 5.75 Å². The molecule has 1 aliphatic heterocycles. The van der Waals surface area contributed by atoms with Crippen LogP contribution in [-0.4, -0.2) is 67.5 Å². The molecule has 0 unspecified atom stereocenters. The number of hydrogen-bond acceptors (Lipinski definition) is 5. The van der Waals surface area contributed by atoms with Crippen molar-refractivity contribution >= 4 is 22.0 Å². The Bertz CT molecular complexity index is 1170. The minimum atomic E-state index is -3.94. The van der Waals surface area contributed by atoms with Crippen molar-refractivity contribution in [3.63, 3.8) is 0 Å². The molecular weight excluding hydrogens is 459 g/mol. The lowest BCUT2D eigenvalue weighted by Gasteiger charge is -2.37. The van der Waals surface area contributed by atoms with Crippen molar-refractivity contribution in [3.05, 3.63) is 65.5 Å². The third kappa shape index (κ3) is 5.32. The SMILES string of the molecule is C/C=C/c1ccc2c(c1)O[C@@H](CN(C)C(=O)c1ccccc1F)[C@H](C)CN([C@H](C)CO)S2(=O)=O. The summed E-state index contributed by atoms with van der Waals surface area (Å²) in [4.78, 5) is 14.3. The lowest BCUT2D eigenvalue weighted by molar-refractivity contribution is 0.0560. The van der Waals surface area contributed by atoms with E-state index in [0.717, 1.165) is 5.56 Å². The molecular formula is C25H31FN2O5S. The van der Waals surface area contributed by atoms with E-state index < -0.39 is 33.9 Å². The van der Waals surface area contributed by atoms with Crippen molar-refractivity contribution in [1.82, 2.24) is 9.21 Å². The van der Waals surface area contributed by atoms with Gasteiger partial charge in [-0.25, -0.2) is 12.8 Å². The highest BCUT2D eigenvalue weighted by Gasteiger charge is 2.38. The normalized spacial score (nSPS) is 21.2. The third-order valence-electron chi connectivity index (χ3n) is 5.96. The predicted octanol–water partition coefficient (Wildman–Crippen LogP) is 3.40. The maximum Gasteiger partial charge on any atom is 0.256 e. The molecule has 0 radical (unpaired) electrons. The molecule has 34 heavy (non-hydrogen) atoms. The van der Waals surface area contributed by atoms with Crippen LogP contribution in [0.2, 0.25) is 0 Å². The van der Waals surface area contributed by atoms with E-state index in [0.29, 0.717) is 0 Å². The summed E-state index contributed by atoms with van der Waals surface area (Å²) >= 11 is 0. The molecule has 0 bridgehead atoms. The summed E-state index contributed by atoms with van der Waals surface area (Å²) in [5.74, 6) is -1.26. The van der Waals surface area contributed by atoms with Crippen LogP contribution < -0.4 is 4.74 Å². The molecule has 0 saturated heterocycles. The molecule has 1 N–H and O–H groups in total. The molecule has 9 heteroatoms. The minimum Gasteiger partial charge on any atom is -0.487 e. The number of ether oxygens (including phenoxy) is 1. The Hall–Kier alpha value is -2.75. The van der Waals surface area contributed by atoms with Gasteiger partial charge in [0.2, 0.25) is 10.0 Å². The second-order valence-electron chi connectivity index (χ2n) is 8.61. The van der Waals surface area contributed by atoms with E-state index in [2.05, 4.69) is 0 Å². The first-order valence-corrected chi connectivity index (χ1v) is 12.6. The highest BCUT2D eigenvalue weighted by Crippen LogP contribution is 2.34. The number of carbonyl (C=O) groups excluding carboxylic acids is 1. The van der Waals surface area contributed by atoms with Gasteiger partial charge in [0.05, 0.1) is 18.7 Å². The number of sulfonamides is 1. The number of aliphatic hydroxyl groups is 1. The molecule has 2 aromatic carbocycles. The van der Waals surface area contributed by atoms with E-state index in [1.54, 1.807) is 32.2 Å². The van der Waals surface area contributed by atoms with Crippen LogP contribution in [0.25, 0.3) is 6.08 Å². The monoisotopic (exact) mass is 490 g/mol. The number of rotatable bonds is 6. The molecule has 3 atom stereocenters. The fraction of sp³-hybridized carbons (Fsp3) is 0.400. The smallest absolute Gasteiger partial charge is 0.256 e. The zero-order valence-electron chi connectivity index (χ0n) is 19.8. The van der Waals surface area contributed by atoms with Crippen LogP contribution in [0.5, 0.6) is 5.75 Å². The average molecular weight is 491 g/mol. The van der Waals surface area contributed by atoms with Crippen LogP contribution in [0.1, 0.15) is 36.7 Å². The van der Waals surface area contributed by atoms with E-state index in [-0.39, 0.29) is 41.8 Å². The average Bonchev–Trinajstić information content (AvgIpc) is 2.80. The number of amides is 1. The first kappa shape index (κ1) is 25.9. The Morgan fingerprint density at radius 3 is 2.68 bits per heavy atom. The number of nitrogens with zero attached hydrogens (tertiary/aromatic N) is 2. The number of likely N-dealkylation sites (N-methyl/N-ethyl adjacent to an activating group) is 1. The Balaban J connectivity index is 2.01. The molecule has 3 rings (SSSR count). The summed E-state index contributed by atoms with van der Waals surface area (Å²) in [5.41, 5.74) is 0.721. The van der Waals surface area contributed by atoms with Crippen LogP contribution in [-0.2, 0) is 10.0 Å². The standard InChI is InChI=1S/C25H31FN2O5S/c1-5-8-19-11-12-24-22(13-19)33-23(17(2)14-28(18(3)16-29)34(24,31)32)15-27(4)25(30)20-9-6-7-10-21(20)26/h5-13,17-18,23,29H,14-16H2,1-4H3/b8-5+/t17-,18-,23+/m1/s1. The van der Waals surface area contributed by atoms with Crippen LogP contribution in [0.4, 0.5) is 4.39 Å². The van der Waals surface area contributed by atoms with Gasteiger partial charge in [0.15, 0.2) is 0 Å². The summed E-state index contributed by atoms with van der Waals surface area (Å²) < 4.78 is 48.6. The van der Waals surface area contributed by atoms with Crippen LogP contribution in [0.3, 0.4) is 0 Å². The van der Waals surface area contributed by atoms with E-state index in [1.807, 2.05) is 26.0 Å². The number of carbonyl (C=O) groups is 1. The first-order valence-electron chi connectivity index (χ1n) is 11.2. The van der Waals surface area contributed by atoms with Crippen LogP contribution in [0, 0.1) is 11.7 Å². The largest absolute Gasteiger partial charge is 0.487 e. The van der Waals surface area contributed by atoms with Crippen LogP contribution >= 0.6 is 0 Å². The topological polar surface area (TPSA) is 87.2 Å². The van der Waals surface area contributed by atoms with Gasteiger partial charge >= 0.3 is 0 Å². The molecule has 1 heterocycles. The van der Waals surface area contributed by atoms with Gasteiger partial charge < -0.3 is 14.7 Å². The number of hydrogen-bond donors (Lipinski definition) is 1. The molecule has 7 nitrogen and oxygen atoms in total. The Morgan fingerprint density at radius 2 is 2.03 bits per heavy atom. The maximum atomic E-state index is 14.2. The lowest BCUT2D eigenvalue weighted by atomic mass is 10.0. The van der Waals surface area contributed by atoms with E-state index in [1.165, 1.54) is 33.5 Å². The zero-order chi connectivity index (χ0) is 25.0. The molecule has 0 saturated carbocycles. The maximum absolute atomic E-state index is 14.2. The molecule has 1 amide bonds. The molecule has 0 spiro atoms. The Labute approximate surface area is 200 Å². The van der Waals surface area contributed by atoms with E-state index in [4.69, 9.17) is 4.74 Å². The van der Waals surface area contributed by atoms with Crippen molar-refractivity contribution in [1.29, 1.82) is 0 Å². The lowest BCUT2D eigenvalue weighted by Crippen LogP contribution is -2.50. The molecule has 1 aliphatic rings. The van der Waals surface area contributed by atoms with Crippen molar-refractivity contribution in [2.75, 3.05) is 26.7 Å². The summed E-state index contributed by atoms with van der Waals surface area (Å²) in [7, 11) is -2.38. The zero-order valence-corrected chi connectivity index (χ0v) is 20.6. The predicted molar refractivity (Wildman–Crippen MR) is 129 cm³/mol. The van der Waals surface area contributed by atoms with Gasteiger partial charge in [0.1, 0.15) is 22.6 Å². The van der Waals surface area contributed by atoms with Gasteiger partial charge in [-0.3, -0.25) is 4.79 Å². The number of aliphatic hydroxyl groups excluding tert-OH is 1. The van der Waals surface area contributed by atoms with Crippen molar-refractivity contribution in [2.45, 2.75) is 37.8 Å². The molecule has 0 aromatic heterocycles. The molecule has 184 valence electrons. The van der Waals surface area contributed by atoms with Crippen molar-refractivity contribution in [2.24, 2.45) is 5.92 Å². The second-order valence-corrected chi connectivity index (χ2v) is 10.5. The third-order valence-corrected chi connectivity index (χ3v) is 7.97. The Kier molecular flexibility index (Phi) is 8.12. The van der Waals surface area contributed by atoms with Gasteiger partial charge in [0.25, 0.3) is 5.91 Å². The molecule has 0 fully saturated rings. The van der Waals surface area contributed by atoms with Gasteiger partial charge in [-0.15, -0.1) is 0 Å². The summed E-state index contributed by atoms with van der Waals surface area (Å²) in [6.07, 6.45) is 3.08. The Morgan fingerprint density at radius 1 is 1.32 bits per heavy atom. The second kappa shape index (κ2) is 10.7. The minimum absolute atomic E-state index is 0.000960. The summed E-state index contributed by atoms with van der Waals surface area (Å²) in [6.45, 7) is 5.20. The van der Waals surface area contributed by atoms with Crippen molar-refractivity contribution < 1.29 is 27.4 Å². The molecule has 0 aliphatic carbocycles. The fourth-order valence-corrected chi connectivity index (χ4v) is 5.78. The van der Waals surface area contributed by atoms with Gasteiger partial charge in [0, 0.05) is 25.6 Å². The van der Waals surface area contributed by atoms with Gasteiger partial charge in [-0.1, -0.05) is 37.3 Å². The highest BCUT2D eigenvalue weighted by atomic mass is 32.2. The summed E-state index contributed by atoms with van der Waals surface area (Å²) in [5, 5.41) is 9.73. The highest BCUT2D eigenvalue weighted by molar-refractivity contribution is 7.89. The van der Waals surface area contributed by atoms with Gasteiger partial charge in [-0.2, -0.15) is 4.31 Å². The number of benzene rings is 2.